The van der Waals surface area contributed by atoms with Gasteiger partial charge in [0.05, 0.1) is 30.4 Å². The molecule has 3 aromatic carbocycles. The maximum atomic E-state index is 13.2. The Morgan fingerprint density at radius 1 is 1.00 bits per heavy atom. The van der Waals surface area contributed by atoms with Gasteiger partial charge in [-0.25, -0.2) is 8.42 Å². The third-order valence-electron chi connectivity index (χ3n) is 5.56. The summed E-state index contributed by atoms with van der Waals surface area (Å²) in [5.74, 6) is 1.18. The lowest BCUT2D eigenvalue weighted by atomic mass is 10.1. The van der Waals surface area contributed by atoms with Gasteiger partial charge in [0, 0.05) is 18.7 Å². The van der Waals surface area contributed by atoms with Gasteiger partial charge in [0.2, 0.25) is 10.0 Å². The van der Waals surface area contributed by atoms with Crippen molar-refractivity contribution in [1.82, 2.24) is 4.31 Å². The topological polar surface area (TPSA) is 94.2 Å². The standard InChI is InChI=1S/C26H28N2O6S/c1-3-33-20-8-10-21(11-9-20)34-25-13-12-22(35(30,31)28-14-16-32-17-15-28)18-24(25)27-26(29)23-7-5-4-6-19(23)2/h4-13,18H,3,14-17H2,1-2H3,(H,27,29). The van der Waals surface area contributed by atoms with Gasteiger partial charge >= 0.3 is 0 Å². The van der Waals surface area contributed by atoms with Crippen LogP contribution in [0.1, 0.15) is 22.8 Å². The van der Waals surface area contributed by atoms with Crippen LogP contribution in [0, 0.1) is 6.92 Å². The Bertz CT molecular complexity index is 1290. The van der Waals surface area contributed by atoms with Crippen LogP contribution in [0.3, 0.4) is 0 Å². The molecule has 35 heavy (non-hydrogen) atoms. The highest BCUT2D eigenvalue weighted by molar-refractivity contribution is 7.89. The summed E-state index contributed by atoms with van der Waals surface area (Å²) in [5, 5.41) is 2.84. The van der Waals surface area contributed by atoms with Crippen molar-refractivity contribution in [3.63, 3.8) is 0 Å². The number of hydrogen-bond donors (Lipinski definition) is 1. The van der Waals surface area contributed by atoms with Gasteiger partial charge in [-0.3, -0.25) is 4.79 Å². The van der Waals surface area contributed by atoms with E-state index in [1.165, 1.54) is 16.4 Å². The van der Waals surface area contributed by atoms with E-state index >= 15 is 0 Å². The molecule has 0 spiro atoms. The molecule has 9 heteroatoms. The minimum Gasteiger partial charge on any atom is -0.494 e. The Labute approximate surface area is 205 Å². The van der Waals surface area contributed by atoms with Gasteiger partial charge in [-0.15, -0.1) is 0 Å². The van der Waals surface area contributed by atoms with Gasteiger partial charge in [-0.05, 0) is 67.9 Å². The zero-order valence-corrected chi connectivity index (χ0v) is 20.5. The molecule has 1 N–H and O–H groups in total. The molecule has 8 nitrogen and oxygen atoms in total. The molecule has 0 aliphatic carbocycles. The number of nitrogens with zero attached hydrogens (tertiary/aromatic N) is 1. The van der Waals surface area contributed by atoms with Crippen LogP contribution in [-0.2, 0) is 14.8 Å². The lowest BCUT2D eigenvalue weighted by Gasteiger charge is -2.26. The number of hydrogen-bond acceptors (Lipinski definition) is 6. The summed E-state index contributed by atoms with van der Waals surface area (Å²) in [6.45, 7) is 5.53. The molecule has 0 aromatic heterocycles. The van der Waals surface area contributed by atoms with E-state index in [4.69, 9.17) is 14.2 Å². The Morgan fingerprint density at radius 2 is 1.69 bits per heavy atom. The third-order valence-corrected chi connectivity index (χ3v) is 7.45. The van der Waals surface area contributed by atoms with Crippen molar-refractivity contribution in [3.8, 4) is 17.2 Å². The normalized spacial score (nSPS) is 14.3. The Balaban J connectivity index is 1.68. The maximum absolute atomic E-state index is 13.2. The van der Waals surface area contributed by atoms with Crippen molar-refractivity contribution in [2.24, 2.45) is 0 Å². The molecule has 3 aromatic rings. The van der Waals surface area contributed by atoms with Crippen molar-refractivity contribution in [2.45, 2.75) is 18.7 Å². The fourth-order valence-electron chi connectivity index (χ4n) is 3.71. The van der Waals surface area contributed by atoms with Gasteiger partial charge in [-0.2, -0.15) is 4.31 Å². The fraction of sp³-hybridized carbons (Fsp3) is 0.269. The Morgan fingerprint density at radius 3 is 2.37 bits per heavy atom. The molecule has 184 valence electrons. The van der Waals surface area contributed by atoms with E-state index in [-0.39, 0.29) is 29.6 Å². The Kier molecular flexibility index (Phi) is 7.70. The molecular weight excluding hydrogens is 468 g/mol. The average molecular weight is 497 g/mol. The number of anilines is 1. The second-order valence-electron chi connectivity index (χ2n) is 7.95. The van der Waals surface area contributed by atoms with Crippen LogP contribution in [0.25, 0.3) is 0 Å². The van der Waals surface area contributed by atoms with Crippen LogP contribution in [0.2, 0.25) is 0 Å². The lowest BCUT2D eigenvalue weighted by molar-refractivity contribution is 0.0730. The number of rotatable bonds is 8. The molecule has 1 amide bonds. The van der Waals surface area contributed by atoms with Crippen molar-refractivity contribution < 1.29 is 27.4 Å². The lowest BCUT2D eigenvalue weighted by Crippen LogP contribution is -2.40. The van der Waals surface area contributed by atoms with E-state index in [2.05, 4.69) is 5.32 Å². The number of aryl methyl sites for hydroxylation is 1. The van der Waals surface area contributed by atoms with Gasteiger partial charge < -0.3 is 19.5 Å². The smallest absolute Gasteiger partial charge is 0.256 e. The number of nitrogens with one attached hydrogen (secondary N) is 1. The molecule has 1 heterocycles. The molecule has 1 aliphatic rings. The predicted molar refractivity (Wildman–Crippen MR) is 133 cm³/mol. The second kappa shape index (κ2) is 10.9. The van der Waals surface area contributed by atoms with Crippen molar-refractivity contribution in [3.05, 3.63) is 77.9 Å². The van der Waals surface area contributed by atoms with Gasteiger partial charge in [-0.1, -0.05) is 18.2 Å². The summed E-state index contributed by atoms with van der Waals surface area (Å²) < 4.78 is 44.6. The number of ether oxygens (including phenoxy) is 3. The summed E-state index contributed by atoms with van der Waals surface area (Å²) in [5.41, 5.74) is 1.54. The summed E-state index contributed by atoms with van der Waals surface area (Å²) in [7, 11) is -3.76. The van der Waals surface area contributed by atoms with E-state index in [0.29, 0.717) is 42.6 Å². The molecular formula is C26H28N2O6S. The predicted octanol–water partition coefficient (Wildman–Crippen LogP) is 4.46. The molecule has 1 fully saturated rings. The second-order valence-corrected chi connectivity index (χ2v) is 9.89. The van der Waals surface area contributed by atoms with E-state index in [1.807, 2.05) is 26.0 Å². The fourth-order valence-corrected chi connectivity index (χ4v) is 5.14. The minimum atomic E-state index is -3.76. The zero-order chi connectivity index (χ0) is 24.8. The van der Waals surface area contributed by atoms with Gasteiger partial charge in [0.1, 0.15) is 11.5 Å². The minimum absolute atomic E-state index is 0.0681. The van der Waals surface area contributed by atoms with Crippen LogP contribution >= 0.6 is 0 Å². The van der Waals surface area contributed by atoms with Gasteiger partial charge in [0.25, 0.3) is 5.91 Å². The van der Waals surface area contributed by atoms with Crippen molar-refractivity contribution in [2.75, 3.05) is 38.2 Å². The largest absolute Gasteiger partial charge is 0.494 e. The molecule has 0 saturated carbocycles. The van der Waals surface area contributed by atoms with Crippen molar-refractivity contribution >= 4 is 21.6 Å². The van der Waals surface area contributed by atoms with Crippen LogP contribution in [0.5, 0.6) is 17.2 Å². The molecule has 0 unspecified atom stereocenters. The van der Waals surface area contributed by atoms with E-state index < -0.39 is 10.0 Å². The number of carbonyl (C=O) groups excluding carboxylic acids is 1. The molecule has 1 aliphatic heterocycles. The molecule has 0 radical (unpaired) electrons. The van der Waals surface area contributed by atoms with Crippen LogP contribution in [-0.4, -0.2) is 51.5 Å². The monoisotopic (exact) mass is 496 g/mol. The van der Waals surface area contributed by atoms with Crippen molar-refractivity contribution in [1.29, 1.82) is 0 Å². The first-order valence-corrected chi connectivity index (χ1v) is 12.8. The summed E-state index contributed by atoms with van der Waals surface area (Å²) >= 11 is 0. The van der Waals surface area contributed by atoms with Crippen LogP contribution in [0.4, 0.5) is 5.69 Å². The zero-order valence-electron chi connectivity index (χ0n) is 19.7. The molecule has 0 bridgehead atoms. The summed E-state index contributed by atoms with van der Waals surface area (Å²) in [6.07, 6.45) is 0. The molecule has 4 rings (SSSR count). The number of benzene rings is 3. The first-order valence-electron chi connectivity index (χ1n) is 11.4. The van der Waals surface area contributed by atoms with Gasteiger partial charge in [0.15, 0.2) is 5.75 Å². The van der Waals surface area contributed by atoms with Crippen LogP contribution in [0.15, 0.2) is 71.6 Å². The number of morpholine rings is 1. The van der Waals surface area contributed by atoms with E-state index in [0.717, 1.165) is 5.56 Å². The number of carbonyl (C=O) groups is 1. The number of amides is 1. The number of sulfonamides is 1. The Hall–Kier alpha value is -3.40. The highest BCUT2D eigenvalue weighted by atomic mass is 32.2. The quantitative estimate of drug-likeness (QED) is 0.495. The highest BCUT2D eigenvalue weighted by Crippen LogP contribution is 2.34. The molecule has 1 saturated heterocycles. The highest BCUT2D eigenvalue weighted by Gasteiger charge is 2.27. The SMILES string of the molecule is CCOc1ccc(Oc2ccc(S(=O)(=O)N3CCOCC3)cc2NC(=O)c2ccccc2C)cc1. The van der Waals surface area contributed by atoms with Crippen LogP contribution < -0.4 is 14.8 Å². The molecule has 0 atom stereocenters. The first kappa shape index (κ1) is 24.7. The average Bonchev–Trinajstić information content (AvgIpc) is 2.87. The first-order chi connectivity index (χ1) is 16.9. The maximum Gasteiger partial charge on any atom is 0.256 e. The van der Waals surface area contributed by atoms with E-state index in [9.17, 15) is 13.2 Å². The summed E-state index contributed by atoms with van der Waals surface area (Å²) in [4.78, 5) is 13.1. The third kappa shape index (κ3) is 5.82. The van der Waals surface area contributed by atoms with E-state index in [1.54, 1.807) is 42.5 Å². The summed E-state index contributed by atoms with van der Waals surface area (Å²) in [6, 6.07) is 18.7.